The maximum absolute atomic E-state index is 12.9. The molecular weight excluding hydrogens is 364 g/mol. The number of aliphatic hydroxyl groups excluding tert-OH is 2. The molecule has 0 radical (unpaired) electrons. The molecule has 156 valence electrons. The van der Waals surface area contributed by atoms with Crippen molar-refractivity contribution >= 4 is 11.8 Å². The zero-order valence-corrected chi connectivity index (χ0v) is 16.8. The summed E-state index contributed by atoms with van der Waals surface area (Å²) in [5, 5.41) is 21.9. The second-order valence-corrected chi connectivity index (χ2v) is 9.19. The molecule has 0 unspecified atom stereocenters. The molecule has 4 aliphatic rings. The van der Waals surface area contributed by atoms with Crippen LogP contribution in [0.2, 0.25) is 0 Å². The van der Waals surface area contributed by atoms with Crippen molar-refractivity contribution in [2.24, 2.45) is 23.7 Å². The average molecular weight is 394 g/mol. The van der Waals surface area contributed by atoms with Gasteiger partial charge in [0.05, 0.1) is 31.0 Å². The van der Waals surface area contributed by atoms with E-state index in [4.69, 9.17) is 14.2 Å². The van der Waals surface area contributed by atoms with Crippen LogP contribution in [-0.2, 0) is 23.8 Å². The molecule has 10 atom stereocenters. The molecule has 0 saturated carbocycles. The Morgan fingerprint density at radius 1 is 1.29 bits per heavy atom. The van der Waals surface area contributed by atoms with Crippen molar-refractivity contribution in [2.45, 2.75) is 76.7 Å². The summed E-state index contributed by atoms with van der Waals surface area (Å²) < 4.78 is 18.0. The lowest BCUT2D eigenvalue weighted by molar-refractivity contribution is -0.189. The Kier molecular flexibility index (Phi) is 4.93. The lowest BCUT2D eigenvalue weighted by Gasteiger charge is -2.42. The van der Waals surface area contributed by atoms with Crippen LogP contribution < -0.4 is 0 Å². The summed E-state index contributed by atoms with van der Waals surface area (Å²) >= 11 is 0. The Morgan fingerprint density at radius 3 is 2.68 bits per heavy atom. The summed E-state index contributed by atoms with van der Waals surface area (Å²) in [6.07, 6.45) is -1.56. The highest BCUT2D eigenvalue weighted by atomic mass is 16.6. The smallest absolute Gasteiger partial charge is 0.302 e. The number of hydrogen-bond acceptors (Lipinski definition) is 7. The molecule has 4 rings (SSSR count). The third-order valence-electron chi connectivity index (χ3n) is 7.30. The SMILES string of the molecule is CC(=O)O[C@@H]1C[C@@H](O)[C@]2(C)OC[C@H](C)[C@H]3C(=O)C=C(C)[C@@H]4[C@H]3[C@@H]2O[C@H]4C[C@H]1O. The standard InChI is InChI=1S/C21H30O7/c1-9-5-13(24)17-10(2)8-26-21(4)16(25)7-14(27-11(3)22)12(23)6-15-18(9)19(17)20(21)28-15/h5,10,12,14-20,23,25H,6-8H2,1-4H3/t10-,12+,14+,15-,16+,17-,18-,19-,20-,21-/m0/s1. The fourth-order valence-electron chi connectivity index (χ4n) is 5.92. The third-order valence-corrected chi connectivity index (χ3v) is 7.30. The van der Waals surface area contributed by atoms with Gasteiger partial charge in [-0.2, -0.15) is 0 Å². The van der Waals surface area contributed by atoms with E-state index in [-0.39, 0.29) is 48.4 Å². The molecule has 3 saturated heterocycles. The predicted octanol–water partition coefficient (Wildman–Crippen LogP) is 1.00. The van der Waals surface area contributed by atoms with Crippen molar-refractivity contribution in [3.05, 3.63) is 11.6 Å². The van der Waals surface area contributed by atoms with Crippen molar-refractivity contribution in [3.63, 3.8) is 0 Å². The molecule has 2 N–H and O–H groups in total. The monoisotopic (exact) mass is 394 g/mol. The highest BCUT2D eigenvalue weighted by molar-refractivity contribution is 5.94. The number of allylic oxidation sites excluding steroid dienone is 1. The van der Waals surface area contributed by atoms with Gasteiger partial charge in [0.2, 0.25) is 0 Å². The summed E-state index contributed by atoms with van der Waals surface area (Å²) in [5.74, 6) is -0.763. The number of hydrogen-bond donors (Lipinski definition) is 2. The Balaban J connectivity index is 1.81. The number of ether oxygens (including phenoxy) is 3. The zero-order valence-electron chi connectivity index (χ0n) is 16.8. The summed E-state index contributed by atoms with van der Waals surface area (Å²) in [7, 11) is 0. The van der Waals surface area contributed by atoms with E-state index in [1.54, 1.807) is 6.08 Å². The number of ketones is 1. The van der Waals surface area contributed by atoms with Gasteiger partial charge in [0.1, 0.15) is 11.7 Å². The van der Waals surface area contributed by atoms with Crippen LogP contribution in [0.5, 0.6) is 0 Å². The molecule has 3 heterocycles. The molecular formula is C21H30O7. The first-order valence-corrected chi connectivity index (χ1v) is 10.2. The maximum atomic E-state index is 12.9. The van der Waals surface area contributed by atoms with Gasteiger partial charge in [0.25, 0.3) is 0 Å². The summed E-state index contributed by atoms with van der Waals surface area (Å²) in [6.45, 7) is 7.39. The Hall–Kier alpha value is -1.28. The van der Waals surface area contributed by atoms with E-state index < -0.39 is 36.0 Å². The highest BCUT2D eigenvalue weighted by Gasteiger charge is 2.63. The van der Waals surface area contributed by atoms with Crippen molar-refractivity contribution in [1.29, 1.82) is 0 Å². The largest absolute Gasteiger partial charge is 0.460 e. The first kappa shape index (κ1) is 20.0. The van der Waals surface area contributed by atoms with Gasteiger partial charge in [-0.05, 0) is 25.8 Å². The second kappa shape index (κ2) is 6.90. The molecule has 3 aliphatic heterocycles. The van der Waals surface area contributed by atoms with Gasteiger partial charge in [0.15, 0.2) is 5.78 Å². The first-order chi connectivity index (χ1) is 13.1. The zero-order chi connectivity index (χ0) is 20.4. The Bertz CT molecular complexity index is 703. The van der Waals surface area contributed by atoms with E-state index in [1.165, 1.54) is 6.92 Å². The number of fused-ring (bicyclic) bond motifs is 2. The van der Waals surface area contributed by atoms with Crippen LogP contribution in [0, 0.1) is 23.7 Å². The normalized spacial score (nSPS) is 50.7. The number of esters is 1. The minimum absolute atomic E-state index is 0.00170. The van der Waals surface area contributed by atoms with Gasteiger partial charge < -0.3 is 24.4 Å². The summed E-state index contributed by atoms with van der Waals surface area (Å²) in [4.78, 5) is 24.4. The van der Waals surface area contributed by atoms with Gasteiger partial charge in [0, 0.05) is 37.5 Å². The fourth-order valence-corrected chi connectivity index (χ4v) is 5.92. The van der Waals surface area contributed by atoms with Gasteiger partial charge in [-0.1, -0.05) is 12.5 Å². The number of aliphatic hydroxyl groups is 2. The molecule has 7 heteroatoms. The molecule has 7 nitrogen and oxygen atoms in total. The van der Waals surface area contributed by atoms with Crippen molar-refractivity contribution in [2.75, 3.05) is 6.61 Å². The number of carbonyl (C=O) groups excluding carboxylic acids is 2. The van der Waals surface area contributed by atoms with E-state index in [0.717, 1.165) is 5.57 Å². The molecule has 0 aromatic heterocycles. The summed E-state index contributed by atoms with van der Waals surface area (Å²) in [6, 6.07) is 0. The number of rotatable bonds is 1. The van der Waals surface area contributed by atoms with E-state index in [0.29, 0.717) is 6.61 Å². The second-order valence-electron chi connectivity index (χ2n) is 9.19. The molecule has 2 bridgehead atoms. The Morgan fingerprint density at radius 2 is 2.00 bits per heavy atom. The predicted molar refractivity (Wildman–Crippen MR) is 98.2 cm³/mol. The molecule has 1 aliphatic carbocycles. The van der Waals surface area contributed by atoms with E-state index in [9.17, 15) is 19.8 Å². The molecule has 0 aromatic rings. The minimum atomic E-state index is -1.05. The fraction of sp³-hybridized carbons (Fsp3) is 0.810. The van der Waals surface area contributed by atoms with E-state index in [1.807, 2.05) is 20.8 Å². The van der Waals surface area contributed by atoms with Crippen molar-refractivity contribution < 1.29 is 34.0 Å². The van der Waals surface area contributed by atoms with Crippen LogP contribution in [0.25, 0.3) is 0 Å². The van der Waals surface area contributed by atoms with Crippen LogP contribution in [0.1, 0.15) is 40.5 Å². The molecule has 0 spiro atoms. The van der Waals surface area contributed by atoms with Gasteiger partial charge in [-0.3, -0.25) is 9.59 Å². The minimum Gasteiger partial charge on any atom is -0.460 e. The molecule has 28 heavy (non-hydrogen) atoms. The van der Waals surface area contributed by atoms with E-state index >= 15 is 0 Å². The van der Waals surface area contributed by atoms with Crippen molar-refractivity contribution in [3.8, 4) is 0 Å². The Labute approximate surface area is 165 Å². The lowest BCUT2D eigenvalue weighted by atomic mass is 9.62. The first-order valence-electron chi connectivity index (χ1n) is 10.2. The van der Waals surface area contributed by atoms with Crippen molar-refractivity contribution in [1.82, 2.24) is 0 Å². The quantitative estimate of drug-likeness (QED) is 0.640. The molecule has 3 fully saturated rings. The summed E-state index contributed by atoms with van der Waals surface area (Å²) in [5.41, 5.74) is -0.109. The van der Waals surface area contributed by atoms with E-state index in [2.05, 4.69) is 0 Å². The third kappa shape index (κ3) is 2.95. The van der Waals surface area contributed by atoms with Crippen LogP contribution in [-0.4, -0.2) is 64.7 Å². The average Bonchev–Trinajstić information content (AvgIpc) is 2.93. The topological polar surface area (TPSA) is 102 Å². The van der Waals surface area contributed by atoms with Gasteiger partial charge in [-0.25, -0.2) is 0 Å². The molecule has 0 aromatic carbocycles. The van der Waals surface area contributed by atoms with Crippen LogP contribution in [0.4, 0.5) is 0 Å². The van der Waals surface area contributed by atoms with Crippen LogP contribution in [0.3, 0.4) is 0 Å². The van der Waals surface area contributed by atoms with Gasteiger partial charge >= 0.3 is 5.97 Å². The van der Waals surface area contributed by atoms with Crippen LogP contribution in [0.15, 0.2) is 11.6 Å². The van der Waals surface area contributed by atoms with Gasteiger partial charge in [-0.15, -0.1) is 0 Å². The highest BCUT2D eigenvalue weighted by Crippen LogP contribution is 2.55. The number of carbonyl (C=O) groups is 2. The molecule has 0 amide bonds. The van der Waals surface area contributed by atoms with Crippen LogP contribution >= 0.6 is 0 Å². The lowest BCUT2D eigenvalue weighted by Crippen LogP contribution is -2.56. The maximum Gasteiger partial charge on any atom is 0.302 e.